The first-order chi connectivity index (χ1) is 13.1. The van der Waals surface area contributed by atoms with Crippen molar-refractivity contribution in [3.8, 4) is 0 Å². The van der Waals surface area contributed by atoms with Gasteiger partial charge in [-0.15, -0.1) is 0 Å². The number of sulfonamides is 1. The summed E-state index contributed by atoms with van der Waals surface area (Å²) in [5.74, 6) is -0.0269. The van der Waals surface area contributed by atoms with Gasteiger partial charge in [0.05, 0.1) is 4.90 Å². The summed E-state index contributed by atoms with van der Waals surface area (Å²) in [6, 6.07) is 9.65. The van der Waals surface area contributed by atoms with Gasteiger partial charge in [-0.1, -0.05) is 35.4 Å². The van der Waals surface area contributed by atoms with Gasteiger partial charge in [0.25, 0.3) is 5.91 Å². The van der Waals surface area contributed by atoms with Crippen LogP contribution in [-0.4, -0.2) is 49.7 Å². The first-order valence-electron chi connectivity index (χ1n) is 9.56. The highest BCUT2D eigenvalue weighted by Crippen LogP contribution is 2.26. The number of rotatable bonds is 3. The van der Waals surface area contributed by atoms with E-state index in [-0.39, 0.29) is 5.91 Å². The smallest absolute Gasteiger partial charge is 0.254 e. The lowest BCUT2D eigenvalue weighted by Gasteiger charge is -2.35. The molecule has 0 N–H and O–H groups in total. The molecule has 0 bridgehead atoms. The van der Waals surface area contributed by atoms with Crippen molar-refractivity contribution in [3.63, 3.8) is 0 Å². The molecule has 0 unspecified atom stereocenters. The van der Waals surface area contributed by atoms with Crippen LogP contribution in [0.4, 0.5) is 0 Å². The molecule has 0 saturated carbocycles. The number of aryl methyl sites for hydroxylation is 5. The lowest BCUT2D eigenvalue weighted by Crippen LogP contribution is -2.50. The SMILES string of the molecule is Cc1cc(C)c(S(=O)(=O)N2CCN(C(=O)c3cc(C)ccc3C)CC2)c(C)c1. The van der Waals surface area contributed by atoms with Crippen molar-refractivity contribution in [3.05, 3.63) is 63.7 Å². The average molecular weight is 401 g/mol. The van der Waals surface area contributed by atoms with Crippen LogP contribution in [0, 0.1) is 34.6 Å². The summed E-state index contributed by atoms with van der Waals surface area (Å²) < 4.78 is 27.9. The van der Waals surface area contributed by atoms with E-state index in [1.807, 2.05) is 65.0 Å². The number of hydrogen-bond donors (Lipinski definition) is 0. The Balaban J connectivity index is 1.78. The molecule has 2 aromatic rings. The fourth-order valence-corrected chi connectivity index (χ4v) is 5.80. The largest absolute Gasteiger partial charge is 0.336 e. The summed E-state index contributed by atoms with van der Waals surface area (Å²) >= 11 is 0. The van der Waals surface area contributed by atoms with Crippen LogP contribution >= 0.6 is 0 Å². The number of carbonyl (C=O) groups excluding carboxylic acids is 1. The Kier molecular flexibility index (Phi) is 5.64. The van der Waals surface area contributed by atoms with Gasteiger partial charge in [-0.05, 0) is 57.4 Å². The number of piperazine rings is 1. The molecule has 1 aliphatic heterocycles. The number of benzene rings is 2. The summed E-state index contributed by atoms with van der Waals surface area (Å²) in [4.78, 5) is 15.1. The highest BCUT2D eigenvalue weighted by molar-refractivity contribution is 7.89. The minimum atomic E-state index is -3.57. The van der Waals surface area contributed by atoms with Crippen LogP contribution in [0.3, 0.4) is 0 Å². The zero-order valence-corrected chi connectivity index (χ0v) is 18.1. The van der Waals surface area contributed by atoms with Crippen LogP contribution < -0.4 is 0 Å². The summed E-state index contributed by atoms with van der Waals surface area (Å²) in [5, 5.41) is 0. The zero-order chi connectivity index (χ0) is 20.6. The maximum Gasteiger partial charge on any atom is 0.254 e. The van der Waals surface area contributed by atoms with Gasteiger partial charge in [-0.3, -0.25) is 4.79 Å². The van der Waals surface area contributed by atoms with Gasteiger partial charge in [0, 0.05) is 31.7 Å². The van der Waals surface area contributed by atoms with Crippen molar-refractivity contribution < 1.29 is 13.2 Å². The van der Waals surface area contributed by atoms with Crippen LogP contribution in [0.1, 0.15) is 38.2 Å². The third-order valence-electron chi connectivity index (χ3n) is 5.35. The Bertz CT molecular complexity index is 997. The molecule has 0 aromatic heterocycles. The summed E-state index contributed by atoms with van der Waals surface area (Å²) in [6.07, 6.45) is 0. The van der Waals surface area contributed by atoms with Gasteiger partial charge < -0.3 is 4.90 Å². The van der Waals surface area contributed by atoms with Crippen LogP contribution in [0.15, 0.2) is 35.2 Å². The average Bonchev–Trinajstić information content (AvgIpc) is 2.62. The Morgan fingerprint density at radius 3 is 1.93 bits per heavy atom. The molecule has 1 heterocycles. The zero-order valence-electron chi connectivity index (χ0n) is 17.2. The van der Waals surface area contributed by atoms with Crippen molar-refractivity contribution in [2.24, 2.45) is 0 Å². The third kappa shape index (κ3) is 3.84. The fourth-order valence-electron chi connectivity index (χ4n) is 3.97. The second-order valence-electron chi connectivity index (χ2n) is 7.74. The van der Waals surface area contributed by atoms with Gasteiger partial charge in [0.2, 0.25) is 10.0 Å². The normalized spacial score (nSPS) is 15.7. The van der Waals surface area contributed by atoms with Crippen molar-refractivity contribution in [2.45, 2.75) is 39.5 Å². The summed E-state index contributed by atoms with van der Waals surface area (Å²) in [6.45, 7) is 11.0. The van der Waals surface area contributed by atoms with E-state index in [1.165, 1.54) is 4.31 Å². The second kappa shape index (κ2) is 7.68. The van der Waals surface area contributed by atoms with E-state index in [0.717, 1.165) is 27.8 Å². The maximum atomic E-state index is 13.2. The van der Waals surface area contributed by atoms with Gasteiger partial charge in [0.1, 0.15) is 0 Å². The van der Waals surface area contributed by atoms with E-state index in [9.17, 15) is 13.2 Å². The minimum Gasteiger partial charge on any atom is -0.336 e. The van der Waals surface area contributed by atoms with E-state index in [4.69, 9.17) is 0 Å². The molecule has 3 rings (SSSR count). The van der Waals surface area contributed by atoms with Gasteiger partial charge in [-0.2, -0.15) is 4.31 Å². The first kappa shape index (κ1) is 20.6. The molecule has 1 saturated heterocycles. The lowest BCUT2D eigenvalue weighted by atomic mass is 10.0. The molecule has 0 spiro atoms. The Hall–Kier alpha value is -2.18. The minimum absolute atomic E-state index is 0.0269. The first-order valence-corrected chi connectivity index (χ1v) is 11.0. The van der Waals surface area contributed by atoms with E-state index in [2.05, 4.69) is 0 Å². The number of nitrogens with zero attached hydrogens (tertiary/aromatic N) is 2. The van der Waals surface area contributed by atoms with Gasteiger partial charge in [0.15, 0.2) is 0 Å². The highest BCUT2D eigenvalue weighted by Gasteiger charge is 2.32. The number of hydrogen-bond acceptors (Lipinski definition) is 3. The van der Waals surface area contributed by atoms with E-state index < -0.39 is 10.0 Å². The topological polar surface area (TPSA) is 57.7 Å². The Labute approximate surface area is 168 Å². The summed E-state index contributed by atoms with van der Waals surface area (Å²) in [7, 11) is -3.57. The molecule has 0 aliphatic carbocycles. The van der Waals surface area contributed by atoms with Crippen LogP contribution in [0.25, 0.3) is 0 Å². The van der Waals surface area contributed by atoms with E-state index in [0.29, 0.717) is 36.6 Å². The molecule has 2 aromatic carbocycles. The molecule has 0 radical (unpaired) electrons. The molecule has 1 aliphatic rings. The molecule has 0 atom stereocenters. The molecular weight excluding hydrogens is 372 g/mol. The van der Waals surface area contributed by atoms with Gasteiger partial charge in [-0.25, -0.2) is 8.42 Å². The van der Waals surface area contributed by atoms with Crippen LogP contribution in [0.2, 0.25) is 0 Å². The fraction of sp³-hybridized carbons (Fsp3) is 0.409. The maximum absolute atomic E-state index is 13.2. The lowest BCUT2D eigenvalue weighted by molar-refractivity contribution is 0.0697. The van der Waals surface area contributed by atoms with E-state index >= 15 is 0 Å². The molecule has 6 heteroatoms. The van der Waals surface area contributed by atoms with Crippen molar-refractivity contribution in [1.29, 1.82) is 0 Å². The quantitative estimate of drug-likeness (QED) is 0.794. The van der Waals surface area contributed by atoms with Crippen molar-refractivity contribution in [1.82, 2.24) is 9.21 Å². The molecule has 150 valence electrons. The molecule has 1 fully saturated rings. The number of amides is 1. The highest BCUT2D eigenvalue weighted by atomic mass is 32.2. The van der Waals surface area contributed by atoms with E-state index in [1.54, 1.807) is 4.90 Å². The molecule has 1 amide bonds. The van der Waals surface area contributed by atoms with Crippen molar-refractivity contribution >= 4 is 15.9 Å². The monoisotopic (exact) mass is 400 g/mol. The molecule has 28 heavy (non-hydrogen) atoms. The van der Waals surface area contributed by atoms with Crippen LogP contribution in [-0.2, 0) is 10.0 Å². The van der Waals surface area contributed by atoms with Gasteiger partial charge >= 0.3 is 0 Å². The Morgan fingerprint density at radius 2 is 1.36 bits per heavy atom. The second-order valence-corrected chi connectivity index (χ2v) is 9.62. The number of carbonyl (C=O) groups is 1. The van der Waals surface area contributed by atoms with Crippen molar-refractivity contribution in [2.75, 3.05) is 26.2 Å². The predicted molar refractivity (Wildman–Crippen MR) is 111 cm³/mol. The third-order valence-corrected chi connectivity index (χ3v) is 7.56. The Morgan fingerprint density at radius 1 is 0.786 bits per heavy atom. The molecule has 5 nitrogen and oxygen atoms in total. The van der Waals surface area contributed by atoms with Crippen LogP contribution in [0.5, 0.6) is 0 Å². The predicted octanol–water partition coefficient (Wildman–Crippen LogP) is 3.38. The summed E-state index contributed by atoms with van der Waals surface area (Å²) in [5.41, 5.74) is 5.27. The standard InChI is InChI=1S/C22H28N2O3S/c1-15-6-7-17(3)20(14-15)22(25)23-8-10-24(11-9-23)28(26,27)21-18(4)12-16(2)13-19(21)5/h6-7,12-14H,8-11H2,1-5H3. The molecular formula is C22H28N2O3S.